The molecule has 1 aromatic heterocycles. The first-order valence-corrected chi connectivity index (χ1v) is 6.96. The smallest absolute Gasteiger partial charge is 0.0589 e. The molecule has 4 heteroatoms. The number of methoxy groups -OCH3 is 1. The summed E-state index contributed by atoms with van der Waals surface area (Å²) in [4.78, 5) is 2.48. The largest absolute Gasteiger partial charge is 0.383 e. The first kappa shape index (κ1) is 13.6. The Bertz CT molecular complexity index is 354. The van der Waals surface area contributed by atoms with Crippen LogP contribution in [0, 0.1) is 0 Å². The van der Waals surface area contributed by atoms with Gasteiger partial charge in [-0.3, -0.25) is 4.68 Å². The number of piperidine rings is 1. The quantitative estimate of drug-likeness (QED) is 0.804. The predicted octanol–water partition coefficient (Wildman–Crippen LogP) is 2.29. The number of hydrogen-bond donors (Lipinski definition) is 0. The minimum Gasteiger partial charge on any atom is -0.383 e. The van der Waals surface area contributed by atoms with E-state index in [4.69, 9.17) is 4.74 Å². The molecule has 0 N–H and O–H groups in total. The molecule has 1 aliphatic rings. The van der Waals surface area contributed by atoms with Crippen LogP contribution in [0.5, 0.6) is 0 Å². The van der Waals surface area contributed by atoms with Gasteiger partial charge in [-0.15, -0.1) is 0 Å². The van der Waals surface area contributed by atoms with Gasteiger partial charge in [0.1, 0.15) is 0 Å². The first-order valence-electron chi connectivity index (χ1n) is 6.96. The van der Waals surface area contributed by atoms with Gasteiger partial charge >= 0.3 is 0 Å². The van der Waals surface area contributed by atoms with Crippen molar-refractivity contribution in [2.75, 3.05) is 33.4 Å². The number of hydrogen-bond acceptors (Lipinski definition) is 3. The molecule has 0 aliphatic carbocycles. The van der Waals surface area contributed by atoms with Crippen molar-refractivity contribution in [3.63, 3.8) is 0 Å². The monoisotopic (exact) mass is 251 g/mol. The molecule has 0 radical (unpaired) electrons. The lowest BCUT2D eigenvalue weighted by Gasteiger charge is -2.31. The molecular weight excluding hydrogens is 226 g/mol. The Balaban J connectivity index is 1.85. The van der Waals surface area contributed by atoms with E-state index in [0.717, 1.165) is 26.2 Å². The topological polar surface area (TPSA) is 30.3 Å². The van der Waals surface area contributed by atoms with Crippen molar-refractivity contribution in [1.82, 2.24) is 14.7 Å². The fourth-order valence-corrected chi connectivity index (χ4v) is 2.48. The Kier molecular flexibility index (Phi) is 4.78. The van der Waals surface area contributed by atoms with Gasteiger partial charge in [0.15, 0.2) is 0 Å². The Morgan fingerprint density at radius 1 is 1.39 bits per heavy atom. The zero-order chi connectivity index (χ0) is 13.0. The van der Waals surface area contributed by atoms with Crippen LogP contribution >= 0.6 is 0 Å². The molecule has 18 heavy (non-hydrogen) atoms. The lowest BCUT2D eigenvalue weighted by Crippen LogP contribution is -2.36. The van der Waals surface area contributed by atoms with Gasteiger partial charge < -0.3 is 9.64 Å². The van der Waals surface area contributed by atoms with Crippen LogP contribution in [-0.2, 0) is 4.74 Å². The highest BCUT2D eigenvalue weighted by molar-refractivity contribution is 5.09. The molecule has 0 aromatic carbocycles. The lowest BCUT2D eigenvalue weighted by atomic mass is 10.0. The van der Waals surface area contributed by atoms with E-state index in [9.17, 15) is 0 Å². The first-order chi connectivity index (χ1) is 8.70. The van der Waals surface area contributed by atoms with E-state index in [1.165, 1.54) is 18.4 Å². The van der Waals surface area contributed by atoms with E-state index in [-0.39, 0.29) is 0 Å². The van der Waals surface area contributed by atoms with Gasteiger partial charge in [-0.2, -0.15) is 5.10 Å². The molecule has 0 saturated carbocycles. The maximum absolute atomic E-state index is 5.13. The number of rotatable bonds is 5. The zero-order valence-electron chi connectivity index (χ0n) is 11.8. The number of likely N-dealkylation sites (tertiary alicyclic amines) is 1. The molecule has 0 amide bonds. The minimum absolute atomic E-state index is 0.570. The van der Waals surface area contributed by atoms with Crippen molar-refractivity contribution < 1.29 is 4.74 Å². The third kappa shape index (κ3) is 3.33. The van der Waals surface area contributed by atoms with Gasteiger partial charge in [0.2, 0.25) is 0 Å². The van der Waals surface area contributed by atoms with E-state index >= 15 is 0 Å². The van der Waals surface area contributed by atoms with E-state index in [1.54, 1.807) is 7.11 Å². The van der Waals surface area contributed by atoms with Crippen molar-refractivity contribution in [2.45, 2.75) is 38.6 Å². The molecule has 0 atom stereocenters. The fourth-order valence-electron chi connectivity index (χ4n) is 2.48. The number of nitrogens with zero attached hydrogens (tertiary/aromatic N) is 3. The third-order valence-corrected chi connectivity index (χ3v) is 3.83. The van der Waals surface area contributed by atoms with Crippen molar-refractivity contribution in [3.05, 3.63) is 18.0 Å². The van der Waals surface area contributed by atoms with Gasteiger partial charge in [-0.25, -0.2) is 0 Å². The number of ether oxygens (including phenoxy) is 1. The molecule has 4 nitrogen and oxygen atoms in total. The molecule has 1 aliphatic heterocycles. The average molecular weight is 251 g/mol. The summed E-state index contributed by atoms with van der Waals surface area (Å²) in [5.74, 6) is 0.570. The predicted molar refractivity (Wildman–Crippen MR) is 72.9 cm³/mol. The summed E-state index contributed by atoms with van der Waals surface area (Å²) < 4.78 is 7.30. The maximum Gasteiger partial charge on any atom is 0.0589 e. The Hall–Kier alpha value is -0.870. The molecule has 102 valence electrons. The second-order valence-electron chi connectivity index (χ2n) is 5.47. The van der Waals surface area contributed by atoms with Gasteiger partial charge in [-0.1, -0.05) is 13.8 Å². The molecule has 0 unspecified atom stereocenters. The summed E-state index contributed by atoms with van der Waals surface area (Å²) in [6.45, 7) is 8.64. The molecule has 1 aromatic rings. The minimum atomic E-state index is 0.570. The van der Waals surface area contributed by atoms with Crippen LogP contribution in [0.4, 0.5) is 0 Å². The molecule has 2 heterocycles. The van der Waals surface area contributed by atoms with E-state index < -0.39 is 0 Å². The summed E-state index contributed by atoms with van der Waals surface area (Å²) in [7, 11) is 1.77. The Morgan fingerprint density at radius 2 is 2.11 bits per heavy atom. The molecule has 1 fully saturated rings. The highest BCUT2D eigenvalue weighted by Gasteiger charge is 2.21. The van der Waals surface area contributed by atoms with Crippen molar-refractivity contribution in [2.24, 2.45) is 0 Å². The maximum atomic E-state index is 5.13. The molecule has 0 spiro atoms. The van der Waals surface area contributed by atoms with Crippen molar-refractivity contribution >= 4 is 0 Å². The molecule has 2 rings (SSSR count). The summed E-state index contributed by atoms with van der Waals surface area (Å²) in [5, 5.41) is 4.52. The normalized spacial score (nSPS) is 18.7. The summed E-state index contributed by atoms with van der Waals surface area (Å²) >= 11 is 0. The van der Waals surface area contributed by atoms with Crippen LogP contribution in [0.1, 0.15) is 44.2 Å². The van der Waals surface area contributed by atoms with E-state index in [0.29, 0.717) is 12.0 Å². The van der Waals surface area contributed by atoms with Crippen LogP contribution in [-0.4, -0.2) is 48.0 Å². The van der Waals surface area contributed by atoms with Crippen LogP contribution in [0.25, 0.3) is 0 Å². The van der Waals surface area contributed by atoms with Crippen LogP contribution in [0.3, 0.4) is 0 Å². The second-order valence-corrected chi connectivity index (χ2v) is 5.47. The van der Waals surface area contributed by atoms with Crippen molar-refractivity contribution in [1.29, 1.82) is 0 Å². The van der Waals surface area contributed by atoms with E-state index in [1.807, 2.05) is 6.20 Å². The zero-order valence-corrected chi connectivity index (χ0v) is 11.8. The SMILES string of the molecule is COCCN1CCC(n2cc(C(C)C)cn2)CC1. The van der Waals surface area contributed by atoms with Crippen molar-refractivity contribution in [3.8, 4) is 0 Å². The average Bonchev–Trinajstić information content (AvgIpc) is 2.87. The molecule has 0 bridgehead atoms. The molecule has 1 saturated heterocycles. The van der Waals surface area contributed by atoms with Crippen LogP contribution in [0.2, 0.25) is 0 Å². The van der Waals surface area contributed by atoms with Gasteiger partial charge in [0, 0.05) is 32.9 Å². The van der Waals surface area contributed by atoms with Gasteiger partial charge in [-0.05, 0) is 24.3 Å². The van der Waals surface area contributed by atoms with E-state index in [2.05, 4.69) is 34.7 Å². The lowest BCUT2D eigenvalue weighted by molar-refractivity contribution is 0.119. The third-order valence-electron chi connectivity index (χ3n) is 3.83. The van der Waals surface area contributed by atoms with Crippen LogP contribution < -0.4 is 0 Å². The van der Waals surface area contributed by atoms with Gasteiger partial charge in [0.05, 0.1) is 18.8 Å². The Labute approximate surface area is 110 Å². The fraction of sp³-hybridized carbons (Fsp3) is 0.786. The van der Waals surface area contributed by atoms with Crippen LogP contribution in [0.15, 0.2) is 12.4 Å². The second kappa shape index (κ2) is 6.34. The number of aromatic nitrogens is 2. The Morgan fingerprint density at radius 3 is 2.67 bits per heavy atom. The summed E-state index contributed by atoms with van der Waals surface area (Å²) in [5.41, 5.74) is 1.34. The highest BCUT2D eigenvalue weighted by Crippen LogP contribution is 2.23. The summed E-state index contributed by atoms with van der Waals surface area (Å²) in [6.07, 6.45) is 6.63. The highest BCUT2D eigenvalue weighted by atomic mass is 16.5. The standard InChI is InChI=1S/C14H25N3O/c1-12(2)13-10-15-17(11-13)14-4-6-16(7-5-14)8-9-18-3/h10-12,14H,4-9H2,1-3H3. The molecular formula is C14H25N3O. The van der Waals surface area contributed by atoms with Gasteiger partial charge in [0.25, 0.3) is 0 Å². The summed E-state index contributed by atoms with van der Waals surface area (Å²) in [6, 6.07) is 0.580.